The fourth-order valence-corrected chi connectivity index (χ4v) is 2.78. The van der Waals surface area contributed by atoms with Crippen LogP contribution in [0.2, 0.25) is 0 Å². The van der Waals surface area contributed by atoms with Gasteiger partial charge in [-0.3, -0.25) is 5.10 Å². The van der Waals surface area contributed by atoms with Gasteiger partial charge in [-0.15, -0.1) is 0 Å². The molecule has 0 amide bonds. The third-order valence-electron chi connectivity index (χ3n) is 3.32. The van der Waals surface area contributed by atoms with E-state index in [4.69, 9.17) is 5.73 Å². The molecule has 0 aliphatic heterocycles. The Hall–Kier alpha value is -0.870. The van der Waals surface area contributed by atoms with Crippen molar-refractivity contribution in [3.05, 3.63) is 28.4 Å². The number of halogens is 1. The van der Waals surface area contributed by atoms with E-state index < -0.39 is 0 Å². The molecule has 15 heavy (non-hydrogen) atoms. The molecule has 0 saturated heterocycles. The fraction of sp³-hybridized carbons (Fsp3) is 0.364. The summed E-state index contributed by atoms with van der Waals surface area (Å²) in [6, 6.07) is 6.14. The number of hydrogen-bond acceptors (Lipinski definition) is 2. The van der Waals surface area contributed by atoms with Gasteiger partial charge in [-0.25, -0.2) is 0 Å². The highest BCUT2D eigenvalue weighted by molar-refractivity contribution is 9.10. The Morgan fingerprint density at radius 2 is 2.20 bits per heavy atom. The van der Waals surface area contributed by atoms with Gasteiger partial charge in [0, 0.05) is 10.9 Å². The first-order valence-electron chi connectivity index (χ1n) is 5.13. The van der Waals surface area contributed by atoms with E-state index in [-0.39, 0.29) is 5.54 Å². The quantitative estimate of drug-likeness (QED) is 0.833. The van der Waals surface area contributed by atoms with Gasteiger partial charge in [0.25, 0.3) is 0 Å². The van der Waals surface area contributed by atoms with Crippen LogP contribution in [0.5, 0.6) is 0 Å². The molecule has 4 heteroatoms. The fourth-order valence-electron chi connectivity index (χ4n) is 2.27. The minimum Gasteiger partial charge on any atom is -0.321 e. The lowest BCUT2D eigenvalue weighted by molar-refractivity contribution is 0.256. The first kappa shape index (κ1) is 9.36. The molecule has 1 aromatic carbocycles. The van der Waals surface area contributed by atoms with E-state index in [2.05, 4.69) is 32.2 Å². The number of hydrogen-bond donors (Lipinski definition) is 2. The molecule has 0 radical (unpaired) electrons. The number of nitrogens with zero attached hydrogens (tertiary/aromatic N) is 1. The number of fused-ring (bicyclic) bond motifs is 1. The predicted molar refractivity (Wildman–Crippen MR) is 63.5 cm³/mol. The second-order valence-corrected chi connectivity index (χ2v) is 5.04. The zero-order valence-electron chi connectivity index (χ0n) is 8.26. The summed E-state index contributed by atoms with van der Waals surface area (Å²) in [6.45, 7) is 0. The topological polar surface area (TPSA) is 54.7 Å². The van der Waals surface area contributed by atoms with Crippen LogP contribution in [0, 0.1) is 0 Å². The van der Waals surface area contributed by atoms with Crippen molar-refractivity contribution in [1.82, 2.24) is 10.2 Å². The molecule has 78 valence electrons. The molecule has 0 bridgehead atoms. The Balaban J connectivity index is 2.29. The lowest BCUT2D eigenvalue weighted by Gasteiger charge is -2.39. The third kappa shape index (κ3) is 1.25. The maximum absolute atomic E-state index is 6.36. The van der Waals surface area contributed by atoms with Gasteiger partial charge in [-0.05, 0) is 46.8 Å². The molecule has 1 saturated carbocycles. The smallest absolute Gasteiger partial charge is 0.109 e. The molecule has 2 aromatic rings. The number of H-pyrrole nitrogens is 1. The normalized spacial score (nSPS) is 19.1. The molecule has 0 unspecified atom stereocenters. The molecule has 1 aromatic heterocycles. The molecule has 0 spiro atoms. The summed E-state index contributed by atoms with van der Waals surface area (Å²) >= 11 is 3.49. The first-order chi connectivity index (χ1) is 7.21. The molecule has 1 heterocycles. The molecule has 0 atom stereocenters. The van der Waals surface area contributed by atoms with Crippen molar-refractivity contribution in [3.63, 3.8) is 0 Å². The largest absolute Gasteiger partial charge is 0.321 e. The first-order valence-corrected chi connectivity index (χ1v) is 5.92. The van der Waals surface area contributed by atoms with Gasteiger partial charge >= 0.3 is 0 Å². The van der Waals surface area contributed by atoms with Gasteiger partial charge < -0.3 is 5.73 Å². The molecule has 1 fully saturated rings. The lowest BCUT2D eigenvalue weighted by Crippen LogP contribution is -2.43. The number of benzene rings is 1. The number of aromatic amines is 1. The number of nitrogens with one attached hydrogen (secondary N) is 1. The maximum Gasteiger partial charge on any atom is 0.109 e. The van der Waals surface area contributed by atoms with Crippen molar-refractivity contribution < 1.29 is 0 Å². The summed E-state index contributed by atoms with van der Waals surface area (Å²) in [7, 11) is 0. The summed E-state index contributed by atoms with van der Waals surface area (Å²) in [4.78, 5) is 0. The lowest BCUT2D eigenvalue weighted by atomic mass is 9.72. The Bertz CT molecular complexity index is 514. The van der Waals surface area contributed by atoms with E-state index in [1.54, 1.807) is 0 Å². The number of rotatable bonds is 1. The van der Waals surface area contributed by atoms with E-state index in [0.717, 1.165) is 28.3 Å². The summed E-state index contributed by atoms with van der Waals surface area (Å²) < 4.78 is 0.935. The second kappa shape index (κ2) is 3.06. The molecular formula is C11H12BrN3. The van der Waals surface area contributed by atoms with Crippen LogP contribution in [-0.4, -0.2) is 10.2 Å². The highest BCUT2D eigenvalue weighted by Crippen LogP contribution is 2.42. The zero-order chi connectivity index (χ0) is 10.5. The van der Waals surface area contributed by atoms with Crippen molar-refractivity contribution in [1.29, 1.82) is 0 Å². The van der Waals surface area contributed by atoms with Gasteiger partial charge in [0.05, 0.1) is 5.52 Å². The minimum atomic E-state index is -0.133. The Morgan fingerprint density at radius 1 is 1.40 bits per heavy atom. The summed E-state index contributed by atoms with van der Waals surface area (Å²) in [5.41, 5.74) is 8.42. The third-order valence-corrected chi connectivity index (χ3v) is 3.89. The van der Waals surface area contributed by atoms with Crippen LogP contribution in [0.15, 0.2) is 22.8 Å². The van der Waals surface area contributed by atoms with Crippen molar-refractivity contribution in [2.75, 3.05) is 0 Å². The Labute approximate surface area is 96.2 Å². The van der Waals surface area contributed by atoms with Crippen molar-refractivity contribution in [3.8, 4) is 0 Å². The van der Waals surface area contributed by atoms with Crippen LogP contribution in [0.1, 0.15) is 24.8 Å². The summed E-state index contributed by atoms with van der Waals surface area (Å²) in [6.07, 6.45) is 3.37. The number of aromatic nitrogens is 2. The van der Waals surface area contributed by atoms with E-state index in [1.807, 2.05) is 12.1 Å². The molecule has 3 rings (SSSR count). The van der Waals surface area contributed by atoms with E-state index in [0.29, 0.717) is 0 Å². The van der Waals surface area contributed by atoms with Gasteiger partial charge in [-0.2, -0.15) is 5.10 Å². The monoisotopic (exact) mass is 265 g/mol. The average molecular weight is 266 g/mol. The van der Waals surface area contributed by atoms with Gasteiger partial charge in [0.2, 0.25) is 0 Å². The molecule has 1 aliphatic rings. The van der Waals surface area contributed by atoms with Gasteiger partial charge in [0.1, 0.15) is 4.60 Å². The molecule has 3 N–H and O–H groups in total. The Morgan fingerprint density at radius 3 is 2.87 bits per heavy atom. The molecule has 1 aliphatic carbocycles. The average Bonchev–Trinajstić information content (AvgIpc) is 2.57. The number of nitrogens with two attached hydrogens (primary N) is 1. The van der Waals surface area contributed by atoms with Crippen LogP contribution in [0.3, 0.4) is 0 Å². The molecule has 3 nitrogen and oxygen atoms in total. The molecular weight excluding hydrogens is 254 g/mol. The van der Waals surface area contributed by atoms with E-state index >= 15 is 0 Å². The Kier molecular flexibility index (Phi) is 1.91. The van der Waals surface area contributed by atoms with Crippen molar-refractivity contribution >= 4 is 26.8 Å². The van der Waals surface area contributed by atoms with Gasteiger partial charge in [0.15, 0.2) is 0 Å². The van der Waals surface area contributed by atoms with Crippen LogP contribution < -0.4 is 5.73 Å². The highest BCUT2D eigenvalue weighted by Gasteiger charge is 2.36. The maximum atomic E-state index is 6.36. The van der Waals surface area contributed by atoms with Crippen LogP contribution in [0.4, 0.5) is 0 Å². The highest BCUT2D eigenvalue weighted by atomic mass is 79.9. The minimum absolute atomic E-state index is 0.133. The van der Waals surface area contributed by atoms with Crippen LogP contribution >= 0.6 is 15.9 Å². The zero-order valence-corrected chi connectivity index (χ0v) is 9.84. The van der Waals surface area contributed by atoms with Crippen LogP contribution in [0.25, 0.3) is 10.9 Å². The van der Waals surface area contributed by atoms with E-state index in [1.165, 1.54) is 12.0 Å². The van der Waals surface area contributed by atoms with Crippen molar-refractivity contribution in [2.45, 2.75) is 24.8 Å². The van der Waals surface area contributed by atoms with E-state index in [9.17, 15) is 0 Å². The predicted octanol–water partition coefficient (Wildman–Crippen LogP) is 2.66. The summed E-state index contributed by atoms with van der Waals surface area (Å²) in [5, 5.41) is 8.31. The van der Waals surface area contributed by atoms with Crippen molar-refractivity contribution in [2.24, 2.45) is 5.73 Å². The second-order valence-electron chi connectivity index (χ2n) is 4.25. The van der Waals surface area contributed by atoms with Gasteiger partial charge in [-0.1, -0.05) is 12.1 Å². The van der Waals surface area contributed by atoms with Crippen LogP contribution in [-0.2, 0) is 5.54 Å². The summed E-state index contributed by atoms with van der Waals surface area (Å²) in [5.74, 6) is 0. The SMILES string of the molecule is NC1(c2cccc3n[nH]c(Br)c23)CCC1. The standard InChI is InChI=1S/C11H12BrN3/c12-10-9-7(11(13)5-2-6-11)3-1-4-8(9)14-15-10/h1,3-4H,2,5-6,13H2,(H,14,15).